The second kappa shape index (κ2) is 7.55. The average Bonchev–Trinajstić information content (AvgIpc) is 2.44. The van der Waals surface area contributed by atoms with Crippen LogP contribution in [-0.4, -0.2) is 35.9 Å². The number of carbonyl (C=O) groups is 1. The summed E-state index contributed by atoms with van der Waals surface area (Å²) in [6.07, 6.45) is 2.66. The number of nitrogens with zero attached hydrogens (tertiary/aromatic N) is 2. The smallest absolute Gasteiger partial charge is 0.272 e. The van der Waals surface area contributed by atoms with Gasteiger partial charge in [0.25, 0.3) is 5.91 Å². The first kappa shape index (κ1) is 15.2. The fourth-order valence-electron chi connectivity index (χ4n) is 1.62. The average molecular weight is 259 g/mol. The van der Waals surface area contributed by atoms with Gasteiger partial charge < -0.3 is 10.6 Å². The molecule has 1 atom stereocenters. The highest BCUT2D eigenvalue weighted by Crippen LogP contribution is 2.07. The molecular formula is C15H21N3O. The maximum Gasteiger partial charge on any atom is 0.272 e. The summed E-state index contributed by atoms with van der Waals surface area (Å²) in [7, 11) is 1.80. The molecule has 1 rings (SSSR count). The van der Waals surface area contributed by atoms with Crippen LogP contribution in [0.25, 0.3) is 0 Å². The molecule has 2 N–H and O–H groups in total. The summed E-state index contributed by atoms with van der Waals surface area (Å²) in [5.41, 5.74) is 6.52. The highest BCUT2D eigenvalue weighted by Gasteiger charge is 2.14. The van der Waals surface area contributed by atoms with Crippen LogP contribution in [0.2, 0.25) is 0 Å². The zero-order valence-electron chi connectivity index (χ0n) is 11.8. The number of hydrogen-bond donors (Lipinski definition) is 1. The second-order valence-electron chi connectivity index (χ2n) is 4.64. The molecule has 1 unspecified atom stereocenters. The van der Waals surface area contributed by atoms with Crippen LogP contribution in [0, 0.1) is 17.8 Å². The molecule has 1 heterocycles. The Morgan fingerprint density at radius 1 is 1.53 bits per heavy atom. The van der Waals surface area contributed by atoms with Crippen LogP contribution < -0.4 is 5.73 Å². The van der Waals surface area contributed by atoms with Crippen molar-refractivity contribution in [1.82, 2.24) is 9.88 Å². The zero-order chi connectivity index (χ0) is 14.3. The molecule has 0 radical (unpaired) electrons. The SMILES string of the molecule is CCC(C)CN(C)C(=O)c1ccc(C#CCN)cn1. The Labute approximate surface area is 115 Å². The van der Waals surface area contributed by atoms with E-state index in [2.05, 4.69) is 30.7 Å². The minimum Gasteiger partial charge on any atom is -0.340 e. The van der Waals surface area contributed by atoms with Crippen LogP contribution >= 0.6 is 0 Å². The van der Waals surface area contributed by atoms with Gasteiger partial charge >= 0.3 is 0 Å². The van der Waals surface area contributed by atoms with E-state index in [-0.39, 0.29) is 5.91 Å². The Bertz CT molecular complexity index is 470. The van der Waals surface area contributed by atoms with Crippen LogP contribution in [0.3, 0.4) is 0 Å². The topological polar surface area (TPSA) is 59.2 Å². The molecule has 0 saturated heterocycles. The van der Waals surface area contributed by atoms with Gasteiger partial charge in [0.05, 0.1) is 6.54 Å². The van der Waals surface area contributed by atoms with E-state index < -0.39 is 0 Å². The molecule has 1 aromatic heterocycles. The molecule has 4 nitrogen and oxygen atoms in total. The summed E-state index contributed by atoms with van der Waals surface area (Å²) >= 11 is 0. The summed E-state index contributed by atoms with van der Waals surface area (Å²) in [6, 6.07) is 3.50. The largest absolute Gasteiger partial charge is 0.340 e. The first-order valence-electron chi connectivity index (χ1n) is 6.49. The van der Waals surface area contributed by atoms with Crippen molar-refractivity contribution in [2.45, 2.75) is 20.3 Å². The van der Waals surface area contributed by atoms with Crippen molar-refractivity contribution in [2.75, 3.05) is 20.1 Å². The van der Waals surface area contributed by atoms with Crippen LogP contribution in [0.1, 0.15) is 36.3 Å². The first-order chi connectivity index (χ1) is 9.08. The quantitative estimate of drug-likeness (QED) is 0.834. The van der Waals surface area contributed by atoms with Crippen molar-refractivity contribution >= 4 is 5.91 Å². The molecule has 0 aliphatic rings. The number of nitrogens with two attached hydrogens (primary N) is 1. The van der Waals surface area contributed by atoms with Crippen molar-refractivity contribution < 1.29 is 4.79 Å². The Morgan fingerprint density at radius 3 is 2.79 bits per heavy atom. The van der Waals surface area contributed by atoms with Gasteiger partial charge in [-0.15, -0.1) is 0 Å². The van der Waals surface area contributed by atoms with Crippen LogP contribution in [0.4, 0.5) is 0 Å². The van der Waals surface area contributed by atoms with Gasteiger partial charge in [-0.2, -0.15) is 0 Å². The third-order valence-electron chi connectivity index (χ3n) is 2.95. The molecule has 1 amide bonds. The molecular weight excluding hydrogens is 238 g/mol. The Morgan fingerprint density at radius 2 is 2.26 bits per heavy atom. The van der Waals surface area contributed by atoms with Crippen molar-refractivity contribution in [3.63, 3.8) is 0 Å². The van der Waals surface area contributed by atoms with Crippen molar-refractivity contribution in [3.05, 3.63) is 29.6 Å². The predicted molar refractivity (Wildman–Crippen MR) is 76.6 cm³/mol. The lowest BCUT2D eigenvalue weighted by atomic mass is 10.1. The normalized spacial score (nSPS) is 11.4. The molecule has 0 aromatic carbocycles. The molecule has 0 saturated carbocycles. The minimum absolute atomic E-state index is 0.0568. The van der Waals surface area contributed by atoms with E-state index in [0.29, 0.717) is 18.2 Å². The lowest BCUT2D eigenvalue weighted by molar-refractivity contribution is 0.0769. The number of aromatic nitrogens is 1. The highest BCUT2D eigenvalue weighted by atomic mass is 16.2. The van der Waals surface area contributed by atoms with Gasteiger partial charge in [0.2, 0.25) is 0 Å². The summed E-state index contributed by atoms with van der Waals surface area (Å²) in [4.78, 5) is 18.0. The zero-order valence-corrected chi connectivity index (χ0v) is 11.8. The number of amides is 1. The molecule has 19 heavy (non-hydrogen) atoms. The van der Waals surface area contributed by atoms with Crippen molar-refractivity contribution in [2.24, 2.45) is 11.7 Å². The van der Waals surface area contributed by atoms with Crippen molar-refractivity contribution in [1.29, 1.82) is 0 Å². The van der Waals surface area contributed by atoms with E-state index in [4.69, 9.17) is 5.73 Å². The third kappa shape index (κ3) is 4.72. The maximum atomic E-state index is 12.1. The lowest BCUT2D eigenvalue weighted by Gasteiger charge is -2.20. The number of pyridine rings is 1. The van der Waals surface area contributed by atoms with E-state index in [1.54, 1.807) is 30.3 Å². The molecule has 0 spiro atoms. The molecule has 4 heteroatoms. The van der Waals surface area contributed by atoms with Gasteiger partial charge in [0.1, 0.15) is 5.69 Å². The summed E-state index contributed by atoms with van der Waals surface area (Å²) in [6.45, 7) is 5.30. The Kier molecular flexibility index (Phi) is 6.04. The van der Waals surface area contributed by atoms with Gasteiger partial charge in [0, 0.05) is 25.4 Å². The summed E-state index contributed by atoms with van der Waals surface area (Å²) in [5.74, 6) is 6.06. The van der Waals surface area contributed by atoms with E-state index in [9.17, 15) is 4.79 Å². The van der Waals surface area contributed by atoms with Crippen LogP contribution in [-0.2, 0) is 0 Å². The maximum absolute atomic E-state index is 12.1. The van der Waals surface area contributed by atoms with Crippen molar-refractivity contribution in [3.8, 4) is 11.8 Å². The fourth-order valence-corrected chi connectivity index (χ4v) is 1.62. The molecule has 0 aliphatic heterocycles. The van der Waals surface area contributed by atoms with E-state index in [0.717, 1.165) is 18.5 Å². The van der Waals surface area contributed by atoms with E-state index in [1.807, 2.05) is 0 Å². The molecule has 1 aromatic rings. The Hall–Kier alpha value is -1.86. The lowest BCUT2D eigenvalue weighted by Crippen LogP contribution is -2.31. The van der Waals surface area contributed by atoms with Gasteiger partial charge in [-0.3, -0.25) is 4.79 Å². The number of hydrogen-bond acceptors (Lipinski definition) is 3. The van der Waals surface area contributed by atoms with Gasteiger partial charge in [-0.05, 0) is 18.1 Å². The molecule has 0 aliphatic carbocycles. The number of rotatable bonds is 4. The third-order valence-corrected chi connectivity index (χ3v) is 2.95. The predicted octanol–water partition coefficient (Wildman–Crippen LogP) is 1.51. The second-order valence-corrected chi connectivity index (χ2v) is 4.64. The van der Waals surface area contributed by atoms with Gasteiger partial charge in [-0.25, -0.2) is 4.98 Å². The van der Waals surface area contributed by atoms with E-state index in [1.165, 1.54) is 0 Å². The van der Waals surface area contributed by atoms with Crippen LogP contribution in [0.5, 0.6) is 0 Å². The number of carbonyl (C=O) groups excluding carboxylic acids is 1. The van der Waals surface area contributed by atoms with Gasteiger partial charge in [0.15, 0.2) is 0 Å². The minimum atomic E-state index is -0.0568. The molecule has 0 bridgehead atoms. The summed E-state index contributed by atoms with van der Waals surface area (Å²) < 4.78 is 0. The molecule has 0 fully saturated rings. The fraction of sp³-hybridized carbons (Fsp3) is 0.467. The summed E-state index contributed by atoms with van der Waals surface area (Å²) in [5, 5.41) is 0. The molecule has 102 valence electrons. The first-order valence-corrected chi connectivity index (χ1v) is 6.49. The van der Waals surface area contributed by atoms with Gasteiger partial charge in [-0.1, -0.05) is 32.1 Å². The highest BCUT2D eigenvalue weighted by molar-refractivity contribution is 5.92. The van der Waals surface area contributed by atoms with E-state index >= 15 is 0 Å². The van der Waals surface area contributed by atoms with Crippen LogP contribution in [0.15, 0.2) is 18.3 Å². The standard InChI is InChI=1S/C15H21N3O/c1-4-12(2)11-18(3)15(19)14-8-7-13(10-17-14)6-5-9-16/h7-8,10,12H,4,9,11,16H2,1-3H3. The monoisotopic (exact) mass is 259 g/mol. The Balaban J connectivity index is 2.72.